The molecule has 3 aliphatic rings. The first-order valence-corrected chi connectivity index (χ1v) is 9.24. The zero-order valence-corrected chi connectivity index (χ0v) is 14.5. The molecule has 1 atom stereocenters. The summed E-state index contributed by atoms with van der Waals surface area (Å²) >= 11 is 0. The summed E-state index contributed by atoms with van der Waals surface area (Å²) in [7, 11) is 2.14. The van der Waals surface area contributed by atoms with E-state index in [0.29, 0.717) is 0 Å². The van der Waals surface area contributed by atoms with Crippen molar-refractivity contribution in [2.24, 2.45) is 11.8 Å². The minimum atomic E-state index is 0.0874. The molecule has 1 N–H and O–H groups in total. The van der Waals surface area contributed by atoms with Gasteiger partial charge in [0.05, 0.1) is 11.6 Å². The van der Waals surface area contributed by atoms with E-state index in [9.17, 15) is 4.79 Å². The fourth-order valence-electron chi connectivity index (χ4n) is 3.83. The topological polar surface area (TPSA) is 61.4 Å². The van der Waals surface area contributed by atoms with Crippen LogP contribution < -0.4 is 10.2 Å². The highest BCUT2D eigenvalue weighted by Gasteiger charge is 2.30. The minimum absolute atomic E-state index is 0.0874. The van der Waals surface area contributed by atoms with Gasteiger partial charge >= 0.3 is 0 Å². The van der Waals surface area contributed by atoms with Crippen LogP contribution in [0.15, 0.2) is 6.33 Å². The maximum absolute atomic E-state index is 12.5. The van der Waals surface area contributed by atoms with Gasteiger partial charge in [-0.3, -0.25) is 4.79 Å². The molecule has 3 heterocycles. The second-order valence-electron chi connectivity index (χ2n) is 7.58. The Labute approximate surface area is 143 Å². The molecule has 130 valence electrons. The van der Waals surface area contributed by atoms with Crippen LogP contribution in [-0.4, -0.2) is 54.0 Å². The van der Waals surface area contributed by atoms with Crippen LogP contribution in [0.1, 0.15) is 36.9 Å². The van der Waals surface area contributed by atoms with E-state index < -0.39 is 0 Å². The van der Waals surface area contributed by atoms with Gasteiger partial charge in [0.1, 0.15) is 12.1 Å². The summed E-state index contributed by atoms with van der Waals surface area (Å²) in [5.74, 6) is 2.10. The zero-order chi connectivity index (χ0) is 16.5. The highest BCUT2D eigenvalue weighted by Crippen LogP contribution is 2.30. The van der Waals surface area contributed by atoms with Gasteiger partial charge in [-0.1, -0.05) is 0 Å². The number of hydrogen-bond donors (Lipinski definition) is 1. The fraction of sp³-hybridized carbons (Fsp3) is 0.722. The third-order valence-electron chi connectivity index (χ3n) is 5.52. The van der Waals surface area contributed by atoms with Crippen LogP contribution in [0.5, 0.6) is 0 Å². The lowest BCUT2D eigenvalue weighted by atomic mass is 9.96. The number of rotatable bonds is 4. The number of carbonyl (C=O) groups is 1. The highest BCUT2D eigenvalue weighted by atomic mass is 16.1. The predicted molar refractivity (Wildman–Crippen MR) is 92.7 cm³/mol. The normalized spacial score (nSPS) is 24.5. The maximum Gasteiger partial charge on any atom is 0.224 e. The fourth-order valence-corrected chi connectivity index (χ4v) is 3.83. The Morgan fingerprint density at radius 3 is 3.00 bits per heavy atom. The van der Waals surface area contributed by atoms with Gasteiger partial charge in [0.15, 0.2) is 0 Å². The monoisotopic (exact) mass is 329 g/mol. The number of hydrogen-bond acceptors (Lipinski definition) is 5. The van der Waals surface area contributed by atoms with Gasteiger partial charge in [0.2, 0.25) is 5.91 Å². The van der Waals surface area contributed by atoms with E-state index in [4.69, 9.17) is 0 Å². The van der Waals surface area contributed by atoms with Crippen molar-refractivity contribution in [2.45, 2.75) is 38.6 Å². The van der Waals surface area contributed by atoms with Crippen molar-refractivity contribution in [3.8, 4) is 0 Å². The summed E-state index contributed by atoms with van der Waals surface area (Å²) in [4.78, 5) is 26.2. The molecule has 2 aliphatic heterocycles. The van der Waals surface area contributed by atoms with Gasteiger partial charge in [0.25, 0.3) is 0 Å². The Kier molecular flexibility index (Phi) is 4.39. The number of piperidine rings is 1. The van der Waals surface area contributed by atoms with Crippen molar-refractivity contribution in [1.82, 2.24) is 20.2 Å². The highest BCUT2D eigenvalue weighted by molar-refractivity contribution is 5.79. The molecule has 6 nitrogen and oxygen atoms in total. The van der Waals surface area contributed by atoms with E-state index in [1.54, 1.807) is 6.33 Å². The van der Waals surface area contributed by atoms with E-state index in [-0.39, 0.29) is 11.8 Å². The lowest BCUT2D eigenvalue weighted by Crippen LogP contribution is -2.44. The molecular weight excluding hydrogens is 302 g/mol. The predicted octanol–water partition coefficient (Wildman–Crippen LogP) is 1.21. The second-order valence-corrected chi connectivity index (χ2v) is 7.58. The van der Waals surface area contributed by atoms with E-state index in [0.717, 1.165) is 63.7 Å². The van der Waals surface area contributed by atoms with Crippen LogP contribution in [0.2, 0.25) is 0 Å². The van der Waals surface area contributed by atoms with E-state index in [1.807, 2.05) is 0 Å². The number of carbonyl (C=O) groups excluding carboxylic acids is 1. The second kappa shape index (κ2) is 6.67. The van der Waals surface area contributed by atoms with Gasteiger partial charge in [0, 0.05) is 44.7 Å². The maximum atomic E-state index is 12.5. The number of nitrogens with one attached hydrogen (secondary N) is 1. The SMILES string of the molecule is CN1CCc2ncnc(N3CCC[C@@H](C(=O)NCC4CC4)C3)c2C1. The lowest BCUT2D eigenvalue weighted by molar-refractivity contribution is -0.125. The summed E-state index contributed by atoms with van der Waals surface area (Å²) in [6, 6.07) is 0. The third-order valence-corrected chi connectivity index (χ3v) is 5.52. The van der Waals surface area contributed by atoms with Crippen LogP contribution in [-0.2, 0) is 17.8 Å². The molecular formula is C18H27N5O. The smallest absolute Gasteiger partial charge is 0.224 e. The Morgan fingerprint density at radius 1 is 1.29 bits per heavy atom. The quantitative estimate of drug-likeness (QED) is 0.900. The van der Waals surface area contributed by atoms with Crippen LogP contribution in [0.3, 0.4) is 0 Å². The lowest BCUT2D eigenvalue weighted by Gasteiger charge is -2.35. The molecule has 0 spiro atoms. The number of likely N-dealkylation sites (N-methyl/N-ethyl adjacent to an activating group) is 1. The van der Waals surface area contributed by atoms with Crippen molar-refractivity contribution >= 4 is 11.7 Å². The van der Waals surface area contributed by atoms with Crippen LogP contribution in [0.4, 0.5) is 5.82 Å². The van der Waals surface area contributed by atoms with E-state index in [2.05, 4.69) is 32.1 Å². The zero-order valence-electron chi connectivity index (χ0n) is 14.5. The molecule has 6 heteroatoms. The molecule has 1 aliphatic carbocycles. The van der Waals surface area contributed by atoms with Gasteiger partial charge in [-0.15, -0.1) is 0 Å². The summed E-state index contributed by atoms with van der Waals surface area (Å²) < 4.78 is 0. The van der Waals surface area contributed by atoms with Crippen LogP contribution in [0, 0.1) is 11.8 Å². The van der Waals surface area contributed by atoms with Crippen molar-refractivity contribution in [3.63, 3.8) is 0 Å². The van der Waals surface area contributed by atoms with Gasteiger partial charge in [-0.2, -0.15) is 0 Å². The van der Waals surface area contributed by atoms with Gasteiger partial charge < -0.3 is 15.1 Å². The summed E-state index contributed by atoms with van der Waals surface area (Å²) in [6.07, 6.45) is 7.27. The standard InChI is InChI=1S/C18H27N5O/c1-22-8-6-16-15(11-22)17(21-12-20-16)23-7-2-3-14(10-23)18(24)19-9-13-4-5-13/h12-14H,2-11H2,1H3,(H,19,24)/t14-/m1/s1. The Hall–Kier alpha value is -1.69. The number of fused-ring (bicyclic) bond motifs is 1. The molecule has 0 unspecified atom stereocenters. The number of anilines is 1. The molecule has 1 saturated carbocycles. The summed E-state index contributed by atoms with van der Waals surface area (Å²) in [5, 5.41) is 3.15. The molecule has 1 saturated heterocycles. The van der Waals surface area contributed by atoms with Crippen molar-refractivity contribution in [3.05, 3.63) is 17.6 Å². The molecule has 2 fully saturated rings. The first-order chi connectivity index (χ1) is 11.7. The molecule has 0 aromatic carbocycles. The Bertz CT molecular complexity index is 615. The number of amides is 1. The Morgan fingerprint density at radius 2 is 2.17 bits per heavy atom. The first kappa shape index (κ1) is 15.8. The molecule has 24 heavy (non-hydrogen) atoms. The molecule has 4 rings (SSSR count). The average Bonchev–Trinajstić information content (AvgIpc) is 3.43. The molecule has 0 bridgehead atoms. The average molecular weight is 329 g/mol. The summed E-state index contributed by atoms with van der Waals surface area (Å²) in [5.41, 5.74) is 2.43. The Balaban J connectivity index is 1.46. The van der Waals surface area contributed by atoms with Gasteiger partial charge in [-0.25, -0.2) is 9.97 Å². The number of nitrogens with zero attached hydrogens (tertiary/aromatic N) is 4. The van der Waals surface area contributed by atoms with Crippen molar-refractivity contribution < 1.29 is 4.79 Å². The van der Waals surface area contributed by atoms with Crippen molar-refractivity contribution in [1.29, 1.82) is 0 Å². The van der Waals surface area contributed by atoms with Crippen molar-refractivity contribution in [2.75, 3.05) is 38.1 Å². The molecule has 1 aromatic heterocycles. The largest absolute Gasteiger partial charge is 0.356 e. The van der Waals surface area contributed by atoms with E-state index >= 15 is 0 Å². The third kappa shape index (κ3) is 3.38. The molecule has 1 aromatic rings. The van der Waals surface area contributed by atoms with Crippen LogP contribution in [0.25, 0.3) is 0 Å². The van der Waals surface area contributed by atoms with Gasteiger partial charge in [-0.05, 0) is 38.6 Å². The number of aromatic nitrogens is 2. The minimum Gasteiger partial charge on any atom is -0.356 e. The molecule has 0 radical (unpaired) electrons. The summed E-state index contributed by atoms with van der Waals surface area (Å²) in [6.45, 7) is 4.59. The van der Waals surface area contributed by atoms with Crippen LogP contribution >= 0.6 is 0 Å². The first-order valence-electron chi connectivity index (χ1n) is 9.24. The molecule has 1 amide bonds. The van der Waals surface area contributed by atoms with E-state index in [1.165, 1.54) is 24.1 Å².